The van der Waals surface area contributed by atoms with Crippen LogP contribution in [0.4, 0.5) is 5.69 Å². The summed E-state index contributed by atoms with van der Waals surface area (Å²) >= 11 is -2.58. The zero-order valence-electron chi connectivity index (χ0n) is 10.5. The second kappa shape index (κ2) is 7.31. The predicted octanol–water partition coefficient (Wildman–Crippen LogP) is -0.920. The number of carbonyl (C=O) groups is 1. The van der Waals surface area contributed by atoms with Crippen molar-refractivity contribution >= 4 is 28.9 Å². The molecule has 110 valence electrons. The zero-order chi connectivity index (χ0) is 15.1. The number of nitrogens with two attached hydrogens (primary N) is 2. The lowest BCUT2D eigenvalue weighted by Gasteiger charge is -2.14. The van der Waals surface area contributed by atoms with Crippen molar-refractivity contribution < 1.29 is 23.0 Å². The maximum Gasteiger partial charge on any atom is 0.333 e. The van der Waals surface area contributed by atoms with E-state index in [4.69, 9.17) is 20.9 Å². The lowest BCUT2D eigenvalue weighted by molar-refractivity contribution is -0.132. The van der Waals surface area contributed by atoms with Crippen LogP contribution in [0.15, 0.2) is 23.2 Å². The fourth-order valence-corrected chi connectivity index (χ4v) is 1.54. The summed E-state index contributed by atoms with van der Waals surface area (Å²) in [6.45, 7) is -0.381. The highest BCUT2D eigenvalue weighted by molar-refractivity contribution is 7.80. The van der Waals surface area contributed by atoms with Crippen LogP contribution in [0.5, 0.6) is 11.5 Å². The number of benzene rings is 1. The summed E-state index contributed by atoms with van der Waals surface area (Å²) in [5.74, 6) is -0.605. The molecule has 5 N–H and O–H groups in total. The van der Waals surface area contributed by atoms with Crippen molar-refractivity contribution in [1.29, 1.82) is 0 Å². The summed E-state index contributed by atoms with van der Waals surface area (Å²) in [5, 5.41) is 0. The number of hydrogen-bond acceptors (Lipinski definition) is 6. The van der Waals surface area contributed by atoms with Crippen molar-refractivity contribution in [2.75, 3.05) is 18.4 Å². The molecule has 10 heteroatoms. The Kier molecular flexibility index (Phi) is 5.74. The summed E-state index contributed by atoms with van der Waals surface area (Å²) in [7, 11) is 1.41. The Morgan fingerprint density at radius 2 is 2.20 bits per heavy atom. The largest absolute Gasteiger partial charge is 0.755 e. The van der Waals surface area contributed by atoms with E-state index in [1.165, 1.54) is 25.3 Å². The zero-order valence-corrected chi connectivity index (χ0v) is 11.3. The van der Waals surface area contributed by atoms with E-state index >= 15 is 0 Å². The highest BCUT2D eigenvalue weighted by Crippen LogP contribution is 2.29. The van der Waals surface area contributed by atoms with Gasteiger partial charge in [0.1, 0.15) is 12.3 Å². The first-order valence-electron chi connectivity index (χ1n) is 5.22. The molecule has 0 aliphatic carbocycles. The minimum atomic E-state index is -2.58. The molecule has 0 heterocycles. The Labute approximate surface area is 117 Å². The predicted molar refractivity (Wildman–Crippen MR) is 71.8 cm³/mol. The van der Waals surface area contributed by atoms with Gasteiger partial charge < -0.3 is 30.2 Å². The van der Waals surface area contributed by atoms with Gasteiger partial charge in [0.05, 0.1) is 12.8 Å². The van der Waals surface area contributed by atoms with Gasteiger partial charge in [0.15, 0.2) is 11.7 Å². The second-order valence-electron chi connectivity index (χ2n) is 3.41. The normalized spacial score (nSPS) is 11.3. The highest BCUT2D eigenvalue weighted by Gasteiger charge is 2.10. The van der Waals surface area contributed by atoms with E-state index in [0.717, 1.165) is 0 Å². The molecule has 0 radical (unpaired) electrons. The maximum atomic E-state index is 11.5. The molecule has 0 aliphatic rings. The van der Waals surface area contributed by atoms with E-state index in [2.05, 4.69) is 9.71 Å². The molecule has 1 unspecified atom stereocenters. The third-order valence-corrected chi connectivity index (χ3v) is 2.38. The van der Waals surface area contributed by atoms with Crippen molar-refractivity contribution in [1.82, 2.24) is 0 Å². The number of esters is 1. The summed E-state index contributed by atoms with van der Waals surface area (Å²) in [6, 6.07) is 4.24. The van der Waals surface area contributed by atoms with Crippen LogP contribution in [0.25, 0.3) is 0 Å². The lowest BCUT2D eigenvalue weighted by atomic mass is 10.3. The van der Waals surface area contributed by atoms with Crippen LogP contribution in [-0.4, -0.2) is 34.3 Å². The minimum absolute atomic E-state index is 0.00536. The van der Waals surface area contributed by atoms with Gasteiger partial charge in [-0.15, -0.1) is 0 Å². The first kappa shape index (κ1) is 15.7. The van der Waals surface area contributed by atoms with Gasteiger partial charge in [0.25, 0.3) is 0 Å². The Morgan fingerprint density at radius 1 is 1.50 bits per heavy atom. The Hall–Kier alpha value is -2.33. The number of nitrogens with one attached hydrogen (secondary N) is 1. The number of ether oxygens (including phenoxy) is 2. The number of hydrogen-bond donors (Lipinski definition) is 3. The summed E-state index contributed by atoms with van der Waals surface area (Å²) in [5.41, 5.74) is 10.2. The number of carbonyl (C=O) groups excluding carboxylic acids is 1. The third-order valence-electron chi connectivity index (χ3n) is 1.99. The van der Waals surface area contributed by atoms with Crippen LogP contribution in [-0.2, 0) is 16.1 Å². The molecule has 0 saturated heterocycles. The lowest BCUT2D eigenvalue weighted by Crippen LogP contribution is -2.25. The number of anilines is 1. The molecular formula is C10H13N4O5S-. The maximum absolute atomic E-state index is 11.5. The average molecular weight is 301 g/mol. The van der Waals surface area contributed by atoms with Crippen molar-refractivity contribution in [3.05, 3.63) is 18.2 Å². The van der Waals surface area contributed by atoms with E-state index in [-0.39, 0.29) is 23.9 Å². The van der Waals surface area contributed by atoms with E-state index in [1.54, 1.807) is 0 Å². The van der Waals surface area contributed by atoms with E-state index in [9.17, 15) is 13.6 Å². The van der Waals surface area contributed by atoms with Gasteiger partial charge >= 0.3 is 5.97 Å². The molecule has 1 atom stereocenters. The number of aliphatic imine (C=N–C) groups is 1. The van der Waals surface area contributed by atoms with Gasteiger partial charge in [0.2, 0.25) is 0 Å². The van der Waals surface area contributed by atoms with Crippen LogP contribution in [0.3, 0.4) is 0 Å². The number of nitrogens with zero attached hydrogens (tertiary/aromatic N) is 1. The second-order valence-corrected chi connectivity index (χ2v) is 4.09. The minimum Gasteiger partial charge on any atom is -0.755 e. The summed E-state index contributed by atoms with van der Waals surface area (Å²) < 4.78 is 33.3. The van der Waals surface area contributed by atoms with Gasteiger partial charge in [-0.25, -0.2) is 9.79 Å². The molecule has 1 rings (SSSR count). The van der Waals surface area contributed by atoms with Gasteiger partial charge in [0, 0.05) is 17.3 Å². The number of methoxy groups -OCH3 is 1. The number of guanidine groups is 1. The fraction of sp³-hybridized carbons (Fsp3) is 0.200. The molecule has 0 saturated carbocycles. The SMILES string of the molecule is COc1ccc(OC(=O)CN=C(N)N)c(NS(=O)[O-])c1. The summed E-state index contributed by atoms with van der Waals surface area (Å²) in [6.07, 6.45) is 0. The molecule has 0 aromatic heterocycles. The Balaban J connectivity index is 2.90. The first-order valence-corrected chi connectivity index (χ1v) is 6.30. The Bertz CT molecular complexity index is 544. The van der Waals surface area contributed by atoms with Gasteiger partial charge in [-0.1, -0.05) is 0 Å². The fourth-order valence-electron chi connectivity index (χ4n) is 1.21. The molecule has 0 amide bonds. The standard InChI is InChI=1S/C10H14N4O5S/c1-18-6-2-3-8(7(4-6)14-20(16)17)19-9(15)5-13-10(11)12/h2-4,14H,5H2,1H3,(H,16,17)(H4,11,12,13)/p-1. The van der Waals surface area contributed by atoms with Crippen molar-refractivity contribution in [3.8, 4) is 11.5 Å². The van der Waals surface area contributed by atoms with E-state index < -0.39 is 17.2 Å². The van der Waals surface area contributed by atoms with Crippen LogP contribution < -0.4 is 25.7 Å². The van der Waals surface area contributed by atoms with Gasteiger partial charge in [-0.2, -0.15) is 0 Å². The topological polar surface area (TPSA) is 152 Å². The van der Waals surface area contributed by atoms with Crippen molar-refractivity contribution in [2.45, 2.75) is 0 Å². The molecule has 1 aromatic carbocycles. The van der Waals surface area contributed by atoms with Crippen LogP contribution in [0.1, 0.15) is 0 Å². The highest BCUT2D eigenvalue weighted by atomic mass is 32.2. The van der Waals surface area contributed by atoms with E-state index in [1.807, 2.05) is 0 Å². The molecule has 0 fully saturated rings. The molecule has 0 bridgehead atoms. The number of rotatable bonds is 6. The first-order chi connectivity index (χ1) is 9.42. The molecule has 0 aliphatic heterocycles. The van der Waals surface area contributed by atoms with Crippen molar-refractivity contribution in [3.63, 3.8) is 0 Å². The quantitative estimate of drug-likeness (QED) is 0.202. The smallest absolute Gasteiger partial charge is 0.333 e. The summed E-state index contributed by atoms with van der Waals surface area (Å²) in [4.78, 5) is 14.9. The van der Waals surface area contributed by atoms with Gasteiger partial charge in [-0.3, -0.25) is 4.21 Å². The van der Waals surface area contributed by atoms with Crippen LogP contribution in [0.2, 0.25) is 0 Å². The molecular weight excluding hydrogens is 288 g/mol. The van der Waals surface area contributed by atoms with Crippen molar-refractivity contribution in [2.24, 2.45) is 16.5 Å². The van der Waals surface area contributed by atoms with Crippen LogP contribution in [0, 0.1) is 0 Å². The third kappa shape index (κ3) is 5.12. The van der Waals surface area contributed by atoms with Gasteiger partial charge in [-0.05, 0) is 12.1 Å². The molecule has 9 nitrogen and oxygen atoms in total. The monoisotopic (exact) mass is 301 g/mol. The molecule has 20 heavy (non-hydrogen) atoms. The molecule has 1 aromatic rings. The molecule has 0 spiro atoms. The van der Waals surface area contributed by atoms with Crippen LogP contribution >= 0.6 is 0 Å². The van der Waals surface area contributed by atoms with E-state index in [0.29, 0.717) is 5.75 Å². The Morgan fingerprint density at radius 3 is 2.75 bits per heavy atom. The average Bonchev–Trinajstić information content (AvgIpc) is 2.37.